The molecule has 1 aliphatic heterocycles. The highest BCUT2D eigenvalue weighted by atomic mass is 32.1. The number of carbonyl (C=O) groups excluding carboxylic acids is 1. The third-order valence-corrected chi connectivity index (χ3v) is 6.46. The molecule has 0 aromatic carbocycles. The minimum absolute atomic E-state index is 0.114. The maximum Gasteiger partial charge on any atom is 0.270 e. The van der Waals surface area contributed by atoms with Crippen molar-refractivity contribution in [2.45, 2.75) is 18.9 Å². The van der Waals surface area contributed by atoms with Gasteiger partial charge in [0, 0.05) is 35.6 Å². The molecule has 1 fully saturated rings. The van der Waals surface area contributed by atoms with Crippen LogP contribution < -0.4 is 5.32 Å². The molecule has 4 heterocycles. The van der Waals surface area contributed by atoms with Crippen molar-refractivity contribution in [2.75, 3.05) is 19.6 Å². The van der Waals surface area contributed by atoms with Crippen LogP contribution in [-0.4, -0.2) is 45.2 Å². The van der Waals surface area contributed by atoms with E-state index in [1.54, 1.807) is 22.2 Å². The number of rotatable bonds is 6. The highest BCUT2D eigenvalue weighted by Crippen LogP contribution is 2.28. The van der Waals surface area contributed by atoms with Gasteiger partial charge in [-0.15, -0.1) is 22.7 Å². The van der Waals surface area contributed by atoms with E-state index < -0.39 is 0 Å². The second-order valence-electron chi connectivity index (χ2n) is 6.42. The number of carbonyl (C=O) groups is 1. The maximum atomic E-state index is 12.6. The Labute approximate surface area is 160 Å². The van der Waals surface area contributed by atoms with Gasteiger partial charge in [0.2, 0.25) is 0 Å². The number of aromatic nitrogens is 3. The van der Waals surface area contributed by atoms with E-state index in [1.807, 2.05) is 18.6 Å². The van der Waals surface area contributed by atoms with Crippen LogP contribution >= 0.6 is 22.7 Å². The van der Waals surface area contributed by atoms with Crippen molar-refractivity contribution in [3.05, 3.63) is 45.9 Å². The van der Waals surface area contributed by atoms with E-state index in [2.05, 4.69) is 37.8 Å². The fourth-order valence-corrected chi connectivity index (χ4v) is 4.90. The molecule has 0 radical (unpaired) electrons. The van der Waals surface area contributed by atoms with Gasteiger partial charge >= 0.3 is 0 Å². The Balaban J connectivity index is 1.43. The molecule has 0 bridgehead atoms. The van der Waals surface area contributed by atoms with Gasteiger partial charge in [-0.25, -0.2) is 4.98 Å². The lowest BCUT2D eigenvalue weighted by Gasteiger charge is -2.26. The Morgan fingerprint density at radius 3 is 2.88 bits per heavy atom. The van der Waals surface area contributed by atoms with Crippen LogP contribution in [0.3, 0.4) is 0 Å². The molecule has 1 aliphatic rings. The van der Waals surface area contributed by atoms with E-state index in [0.717, 1.165) is 23.7 Å². The zero-order valence-electron chi connectivity index (χ0n) is 14.6. The van der Waals surface area contributed by atoms with Crippen molar-refractivity contribution >= 4 is 28.6 Å². The molecule has 1 amide bonds. The molecule has 1 atom stereocenters. The first-order valence-corrected chi connectivity index (χ1v) is 10.5. The monoisotopic (exact) mass is 387 g/mol. The first kappa shape index (κ1) is 17.4. The van der Waals surface area contributed by atoms with Crippen molar-refractivity contribution in [3.63, 3.8) is 0 Å². The first-order valence-electron chi connectivity index (χ1n) is 8.71. The van der Waals surface area contributed by atoms with Gasteiger partial charge in [0.1, 0.15) is 10.7 Å². The highest BCUT2D eigenvalue weighted by Gasteiger charge is 2.25. The van der Waals surface area contributed by atoms with Crippen LogP contribution in [0.1, 0.15) is 34.2 Å². The van der Waals surface area contributed by atoms with E-state index in [4.69, 9.17) is 0 Å². The van der Waals surface area contributed by atoms with Crippen molar-refractivity contribution in [1.82, 2.24) is 25.0 Å². The lowest BCUT2D eigenvalue weighted by atomic mass is 10.2. The van der Waals surface area contributed by atoms with Crippen LogP contribution in [0.15, 0.2) is 35.3 Å². The van der Waals surface area contributed by atoms with Crippen molar-refractivity contribution in [1.29, 1.82) is 0 Å². The first-order chi connectivity index (χ1) is 12.7. The van der Waals surface area contributed by atoms with Crippen molar-refractivity contribution < 1.29 is 4.79 Å². The maximum absolute atomic E-state index is 12.6. The minimum Gasteiger partial charge on any atom is -0.349 e. The Kier molecular flexibility index (Phi) is 5.14. The molecule has 3 aromatic rings. The van der Waals surface area contributed by atoms with E-state index >= 15 is 0 Å². The van der Waals surface area contributed by atoms with E-state index in [0.29, 0.717) is 12.2 Å². The van der Waals surface area contributed by atoms with Crippen LogP contribution in [0.4, 0.5) is 0 Å². The third kappa shape index (κ3) is 3.72. The van der Waals surface area contributed by atoms with Gasteiger partial charge in [-0.05, 0) is 37.4 Å². The summed E-state index contributed by atoms with van der Waals surface area (Å²) in [5, 5.41) is 12.0. The average Bonchev–Trinajstić information content (AvgIpc) is 3.42. The summed E-state index contributed by atoms with van der Waals surface area (Å²) < 4.78 is 1.73. The van der Waals surface area contributed by atoms with Crippen LogP contribution in [0.25, 0.3) is 10.6 Å². The van der Waals surface area contributed by atoms with Crippen LogP contribution in [-0.2, 0) is 7.05 Å². The zero-order chi connectivity index (χ0) is 17.9. The predicted molar refractivity (Wildman–Crippen MR) is 105 cm³/mol. The molecule has 6 nitrogen and oxygen atoms in total. The summed E-state index contributed by atoms with van der Waals surface area (Å²) in [6.45, 7) is 2.81. The predicted octanol–water partition coefficient (Wildman–Crippen LogP) is 3.17. The second-order valence-corrected chi connectivity index (χ2v) is 8.26. The topological polar surface area (TPSA) is 63.1 Å². The lowest BCUT2D eigenvalue weighted by Crippen LogP contribution is -2.36. The summed E-state index contributed by atoms with van der Waals surface area (Å²) in [4.78, 5) is 20.8. The number of nitrogens with zero attached hydrogens (tertiary/aromatic N) is 4. The number of hydrogen-bond acceptors (Lipinski definition) is 6. The lowest BCUT2D eigenvalue weighted by molar-refractivity contribution is 0.0934. The van der Waals surface area contributed by atoms with Gasteiger partial charge in [-0.3, -0.25) is 14.4 Å². The molecule has 4 rings (SSSR count). The Bertz CT molecular complexity index is 864. The standard InChI is InChI=1S/C18H21N5OS2/c1-22-11-13(9-20-22)18-21-14(12-26-18)17(24)19-10-15(16-5-4-8-25-16)23-6-2-3-7-23/h4-5,8-9,11-12,15H,2-3,6-7,10H2,1H3,(H,19,24)/t15-/m1/s1. The largest absolute Gasteiger partial charge is 0.349 e. The fourth-order valence-electron chi connectivity index (χ4n) is 3.27. The second kappa shape index (κ2) is 7.69. The number of amides is 1. The summed E-state index contributed by atoms with van der Waals surface area (Å²) in [5.74, 6) is -0.114. The quantitative estimate of drug-likeness (QED) is 0.706. The van der Waals surface area contributed by atoms with E-state index in [9.17, 15) is 4.79 Å². The molecule has 0 aliphatic carbocycles. The van der Waals surface area contributed by atoms with Gasteiger partial charge in [0.15, 0.2) is 0 Å². The molecule has 26 heavy (non-hydrogen) atoms. The smallest absolute Gasteiger partial charge is 0.270 e. The molecule has 3 aromatic heterocycles. The summed E-state index contributed by atoms with van der Waals surface area (Å²) in [5.41, 5.74) is 1.41. The van der Waals surface area contributed by atoms with Gasteiger partial charge in [0.25, 0.3) is 5.91 Å². The number of hydrogen-bond donors (Lipinski definition) is 1. The molecular weight excluding hydrogens is 366 g/mol. The summed E-state index contributed by atoms with van der Waals surface area (Å²) in [6.07, 6.45) is 6.13. The normalized spacial score (nSPS) is 16.0. The summed E-state index contributed by atoms with van der Waals surface area (Å²) in [7, 11) is 1.87. The van der Waals surface area contributed by atoms with E-state index in [1.165, 1.54) is 29.1 Å². The molecule has 0 unspecified atom stereocenters. The number of aryl methyl sites for hydroxylation is 1. The molecule has 1 saturated heterocycles. The van der Waals surface area contributed by atoms with Crippen LogP contribution in [0.5, 0.6) is 0 Å². The van der Waals surface area contributed by atoms with Gasteiger partial charge < -0.3 is 5.32 Å². The molecule has 8 heteroatoms. The van der Waals surface area contributed by atoms with Crippen LogP contribution in [0.2, 0.25) is 0 Å². The zero-order valence-corrected chi connectivity index (χ0v) is 16.2. The number of thiazole rings is 1. The number of nitrogens with one attached hydrogen (secondary N) is 1. The van der Waals surface area contributed by atoms with E-state index in [-0.39, 0.29) is 11.9 Å². The Morgan fingerprint density at radius 1 is 1.35 bits per heavy atom. The highest BCUT2D eigenvalue weighted by molar-refractivity contribution is 7.13. The minimum atomic E-state index is -0.114. The number of thiophene rings is 1. The van der Waals surface area contributed by atoms with Gasteiger partial charge in [0.05, 0.1) is 12.2 Å². The van der Waals surface area contributed by atoms with Crippen molar-refractivity contribution in [3.8, 4) is 10.6 Å². The molecule has 136 valence electrons. The number of likely N-dealkylation sites (tertiary alicyclic amines) is 1. The van der Waals surface area contributed by atoms with Crippen LogP contribution in [0, 0.1) is 0 Å². The Morgan fingerprint density at radius 2 is 2.19 bits per heavy atom. The molecular formula is C18H21N5OS2. The van der Waals surface area contributed by atoms with Crippen molar-refractivity contribution in [2.24, 2.45) is 7.05 Å². The molecule has 0 saturated carbocycles. The van der Waals surface area contributed by atoms with Gasteiger partial charge in [-0.1, -0.05) is 6.07 Å². The molecule has 1 N–H and O–H groups in total. The SMILES string of the molecule is Cn1cc(-c2nc(C(=O)NC[C@H](c3cccs3)N3CCCC3)cs2)cn1. The summed E-state index contributed by atoms with van der Waals surface area (Å²) in [6, 6.07) is 4.48. The van der Waals surface area contributed by atoms with Gasteiger partial charge in [-0.2, -0.15) is 5.10 Å². The Hall–Kier alpha value is -2.03. The average molecular weight is 388 g/mol. The summed E-state index contributed by atoms with van der Waals surface area (Å²) >= 11 is 3.22. The fraction of sp³-hybridized carbons (Fsp3) is 0.389. The third-order valence-electron chi connectivity index (χ3n) is 4.60. The molecule has 0 spiro atoms.